The first kappa shape index (κ1) is 14.8. The summed E-state index contributed by atoms with van der Waals surface area (Å²) in [5.74, 6) is 0.926. The van der Waals surface area contributed by atoms with E-state index in [0.717, 1.165) is 45.4 Å². The molecule has 1 saturated carbocycles. The number of likely N-dealkylation sites (tertiary alicyclic amines) is 1. The molecule has 110 valence electrons. The number of hydrogen-bond donors (Lipinski definition) is 2. The summed E-state index contributed by atoms with van der Waals surface area (Å²) >= 11 is 0. The number of carbonyl (C=O) groups is 1. The van der Waals surface area contributed by atoms with E-state index in [-0.39, 0.29) is 5.91 Å². The van der Waals surface area contributed by atoms with Crippen molar-refractivity contribution >= 4 is 5.91 Å². The van der Waals surface area contributed by atoms with Crippen molar-refractivity contribution in [2.75, 3.05) is 26.2 Å². The number of amides is 1. The number of hydrogen-bond acceptors (Lipinski definition) is 3. The first-order valence-electron chi connectivity index (χ1n) is 7.99. The van der Waals surface area contributed by atoms with E-state index in [1.807, 2.05) is 0 Å². The quantitative estimate of drug-likeness (QED) is 0.793. The van der Waals surface area contributed by atoms with E-state index < -0.39 is 0 Å². The van der Waals surface area contributed by atoms with Gasteiger partial charge in [0.15, 0.2) is 0 Å². The van der Waals surface area contributed by atoms with E-state index in [1.54, 1.807) is 0 Å². The third-order valence-corrected chi connectivity index (χ3v) is 4.60. The first-order valence-corrected chi connectivity index (χ1v) is 7.99. The Labute approximate surface area is 117 Å². The van der Waals surface area contributed by atoms with Crippen LogP contribution in [-0.4, -0.2) is 43.0 Å². The molecule has 0 atom stereocenters. The van der Waals surface area contributed by atoms with Gasteiger partial charge in [-0.05, 0) is 31.6 Å². The third kappa shape index (κ3) is 5.11. The molecule has 19 heavy (non-hydrogen) atoms. The summed E-state index contributed by atoms with van der Waals surface area (Å²) in [4.78, 5) is 14.4. The molecule has 4 heteroatoms. The Hall–Kier alpha value is -0.610. The summed E-state index contributed by atoms with van der Waals surface area (Å²) in [5.41, 5.74) is 5.57. The largest absolute Gasteiger partial charge is 0.353 e. The summed E-state index contributed by atoms with van der Waals surface area (Å²) in [7, 11) is 0. The normalized spacial score (nSPS) is 23.4. The minimum Gasteiger partial charge on any atom is -0.353 e. The zero-order chi connectivity index (χ0) is 13.5. The highest BCUT2D eigenvalue weighted by Gasteiger charge is 2.22. The SMILES string of the molecule is NCCN1CCC(NC(=O)CC2CCCCC2)CC1. The van der Waals surface area contributed by atoms with Crippen molar-refractivity contribution in [2.45, 2.75) is 57.4 Å². The molecule has 0 unspecified atom stereocenters. The first-order chi connectivity index (χ1) is 9.28. The molecular formula is C15H29N3O. The van der Waals surface area contributed by atoms with Crippen molar-refractivity contribution < 1.29 is 4.79 Å². The zero-order valence-corrected chi connectivity index (χ0v) is 12.1. The molecule has 2 fully saturated rings. The maximum atomic E-state index is 12.0. The van der Waals surface area contributed by atoms with E-state index in [4.69, 9.17) is 5.73 Å². The van der Waals surface area contributed by atoms with Crippen LogP contribution in [0.4, 0.5) is 0 Å². The predicted octanol–water partition coefficient (Wildman–Crippen LogP) is 1.50. The van der Waals surface area contributed by atoms with Crippen LogP contribution in [0, 0.1) is 5.92 Å². The van der Waals surface area contributed by atoms with Gasteiger partial charge in [0, 0.05) is 38.6 Å². The zero-order valence-electron chi connectivity index (χ0n) is 12.1. The summed E-state index contributed by atoms with van der Waals surface area (Å²) in [6.45, 7) is 3.87. The van der Waals surface area contributed by atoms with Crippen LogP contribution in [0.5, 0.6) is 0 Å². The topological polar surface area (TPSA) is 58.4 Å². The minimum atomic E-state index is 0.282. The molecular weight excluding hydrogens is 238 g/mol. The van der Waals surface area contributed by atoms with Gasteiger partial charge < -0.3 is 16.0 Å². The van der Waals surface area contributed by atoms with Crippen LogP contribution < -0.4 is 11.1 Å². The third-order valence-electron chi connectivity index (χ3n) is 4.60. The van der Waals surface area contributed by atoms with Crippen LogP contribution in [0.15, 0.2) is 0 Å². The summed E-state index contributed by atoms with van der Waals surface area (Å²) < 4.78 is 0. The highest BCUT2D eigenvalue weighted by Crippen LogP contribution is 2.26. The van der Waals surface area contributed by atoms with Gasteiger partial charge in [0.2, 0.25) is 5.91 Å². The van der Waals surface area contributed by atoms with E-state index in [1.165, 1.54) is 32.1 Å². The number of piperidine rings is 1. The van der Waals surface area contributed by atoms with Gasteiger partial charge in [-0.2, -0.15) is 0 Å². The minimum absolute atomic E-state index is 0.282. The van der Waals surface area contributed by atoms with Gasteiger partial charge in [-0.1, -0.05) is 19.3 Å². The van der Waals surface area contributed by atoms with Crippen LogP contribution in [-0.2, 0) is 4.79 Å². The molecule has 2 rings (SSSR count). The van der Waals surface area contributed by atoms with Crippen molar-refractivity contribution in [3.63, 3.8) is 0 Å². The van der Waals surface area contributed by atoms with E-state index in [9.17, 15) is 4.79 Å². The lowest BCUT2D eigenvalue weighted by molar-refractivity contribution is -0.123. The molecule has 1 amide bonds. The number of rotatable bonds is 5. The molecule has 0 aromatic heterocycles. The second-order valence-corrected chi connectivity index (χ2v) is 6.18. The highest BCUT2D eigenvalue weighted by molar-refractivity contribution is 5.76. The van der Waals surface area contributed by atoms with Crippen molar-refractivity contribution in [1.29, 1.82) is 0 Å². The fraction of sp³-hybridized carbons (Fsp3) is 0.933. The molecule has 0 aromatic carbocycles. The van der Waals surface area contributed by atoms with Gasteiger partial charge >= 0.3 is 0 Å². The molecule has 0 aromatic rings. The number of nitrogens with zero attached hydrogens (tertiary/aromatic N) is 1. The fourth-order valence-electron chi connectivity index (χ4n) is 3.42. The highest BCUT2D eigenvalue weighted by atomic mass is 16.1. The molecule has 0 bridgehead atoms. The molecule has 1 aliphatic heterocycles. The number of nitrogens with one attached hydrogen (secondary N) is 1. The van der Waals surface area contributed by atoms with Gasteiger partial charge in [-0.15, -0.1) is 0 Å². The van der Waals surface area contributed by atoms with Crippen molar-refractivity contribution in [2.24, 2.45) is 11.7 Å². The Morgan fingerprint density at radius 2 is 1.79 bits per heavy atom. The average Bonchev–Trinajstić information content (AvgIpc) is 2.42. The standard InChI is InChI=1S/C15H29N3O/c16-8-11-18-9-6-14(7-10-18)17-15(19)12-13-4-2-1-3-5-13/h13-14H,1-12,16H2,(H,17,19). The Morgan fingerprint density at radius 3 is 2.42 bits per heavy atom. The number of carbonyl (C=O) groups excluding carboxylic acids is 1. The predicted molar refractivity (Wildman–Crippen MR) is 77.9 cm³/mol. The molecule has 0 spiro atoms. The van der Waals surface area contributed by atoms with Crippen LogP contribution in [0.1, 0.15) is 51.4 Å². The second kappa shape index (κ2) is 7.85. The lowest BCUT2D eigenvalue weighted by Crippen LogP contribution is -2.46. The van der Waals surface area contributed by atoms with Crippen molar-refractivity contribution in [3.8, 4) is 0 Å². The van der Waals surface area contributed by atoms with Gasteiger partial charge in [0.1, 0.15) is 0 Å². The smallest absolute Gasteiger partial charge is 0.220 e. The molecule has 1 aliphatic carbocycles. The Bertz CT molecular complexity index is 269. The average molecular weight is 267 g/mol. The lowest BCUT2D eigenvalue weighted by atomic mass is 9.86. The Kier molecular flexibility index (Phi) is 6.11. The number of nitrogens with two attached hydrogens (primary N) is 1. The maximum absolute atomic E-state index is 12.0. The Morgan fingerprint density at radius 1 is 1.11 bits per heavy atom. The molecule has 1 saturated heterocycles. The molecule has 0 radical (unpaired) electrons. The maximum Gasteiger partial charge on any atom is 0.220 e. The second-order valence-electron chi connectivity index (χ2n) is 6.18. The van der Waals surface area contributed by atoms with Crippen LogP contribution in [0.25, 0.3) is 0 Å². The fourth-order valence-corrected chi connectivity index (χ4v) is 3.42. The molecule has 1 heterocycles. The van der Waals surface area contributed by atoms with Gasteiger partial charge in [0.25, 0.3) is 0 Å². The van der Waals surface area contributed by atoms with E-state index in [2.05, 4.69) is 10.2 Å². The van der Waals surface area contributed by atoms with Crippen LogP contribution in [0.3, 0.4) is 0 Å². The van der Waals surface area contributed by atoms with Gasteiger partial charge in [-0.25, -0.2) is 0 Å². The van der Waals surface area contributed by atoms with Gasteiger partial charge in [0.05, 0.1) is 0 Å². The summed E-state index contributed by atoms with van der Waals surface area (Å²) in [6, 6.07) is 0.394. The van der Waals surface area contributed by atoms with Crippen LogP contribution >= 0.6 is 0 Å². The Balaban J connectivity index is 1.63. The summed E-state index contributed by atoms with van der Waals surface area (Å²) in [6.07, 6.45) is 9.41. The monoisotopic (exact) mass is 267 g/mol. The molecule has 4 nitrogen and oxygen atoms in total. The lowest BCUT2D eigenvalue weighted by Gasteiger charge is -2.32. The van der Waals surface area contributed by atoms with E-state index in [0.29, 0.717) is 12.0 Å². The van der Waals surface area contributed by atoms with E-state index >= 15 is 0 Å². The van der Waals surface area contributed by atoms with Crippen molar-refractivity contribution in [3.05, 3.63) is 0 Å². The molecule has 3 N–H and O–H groups in total. The summed E-state index contributed by atoms with van der Waals surface area (Å²) in [5, 5.41) is 3.23. The molecule has 2 aliphatic rings. The van der Waals surface area contributed by atoms with Crippen molar-refractivity contribution in [1.82, 2.24) is 10.2 Å². The van der Waals surface area contributed by atoms with Gasteiger partial charge in [-0.3, -0.25) is 4.79 Å². The van der Waals surface area contributed by atoms with Crippen LogP contribution in [0.2, 0.25) is 0 Å².